The third-order valence-electron chi connectivity index (χ3n) is 6.87. The van der Waals surface area contributed by atoms with E-state index in [1.165, 1.54) is 54.1 Å². The molecule has 0 aliphatic carbocycles. The van der Waals surface area contributed by atoms with Gasteiger partial charge in [-0.25, -0.2) is 0 Å². The summed E-state index contributed by atoms with van der Waals surface area (Å²) in [5.74, 6) is 1.82. The summed E-state index contributed by atoms with van der Waals surface area (Å²) in [7, 11) is 1.71. The van der Waals surface area contributed by atoms with Gasteiger partial charge >= 0.3 is 0 Å². The number of nitrogens with one attached hydrogen (secondary N) is 2. The molecule has 5 nitrogen and oxygen atoms in total. The number of hydrogen-bond donors (Lipinski definition) is 3. The third kappa shape index (κ3) is 4.15. The number of phenols is 1. The topological polar surface area (TPSA) is 64.3 Å². The molecule has 2 aromatic heterocycles. The molecule has 1 saturated heterocycles. The summed E-state index contributed by atoms with van der Waals surface area (Å²) in [6.45, 7) is 3.49. The number of methoxy groups -OCH3 is 1. The molecule has 0 saturated carbocycles. The van der Waals surface area contributed by atoms with Gasteiger partial charge in [-0.2, -0.15) is 0 Å². The summed E-state index contributed by atoms with van der Waals surface area (Å²) in [5.41, 5.74) is 5.04. The lowest BCUT2D eigenvalue weighted by molar-refractivity contribution is 0.209. The largest absolute Gasteiger partial charge is 0.508 e. The highest BCUT2D eigenvalue weighted by Gasteiger charge is 2.22. The van der Waals surface area contributed by atoms with Gasteiger partial charge in [0, 0.05) is 40.3 Å². The van der Waals surface area contributed by atoms with Crippen LogP contribution in [0.3, 0.4) is 0 Å². The van der Waals surface area contributed by atoms with Crippen LogP contribution in [0.5, 0.6) is 11.5 Å². The average Bonchev–Trinajstić information content (AvgIpc) is 3.40. The van der Waals surface area contributed by atoms with Gasteiger partial charge in [-0.05, 0) is 99.1 Å². The molecule has 0 atom stereocenters. The van der Waals surface area contributed by atoms with Crippen LogP contribution < -0.4 is 4.74 Å². The quantitative estimate of drug-likeness (QED) is 0.345. The second-order valence-corrected chi connectivity index (χ2v) is 8.77. The number of unbranched alkanes of at least 4 members (excludes halogenated alkanes) is 1. The highest BCUT2D eigenvalue weighted by Crippen LogP contribution is 2.34. The van der Waals surface area contributed by atoms with E-state index in [0.717, 1.165) is 36.3 Å². The molecule has 3 N–H and O–H groups in total. The van der Waals surface area contributed by atoms with Crippen LogP contribution in [0.2, 0.25) is 0 Å². The smallest absolute Gasteiger partial charge is 0.120 e. The fourth-order valence-corrected chi connectivity index (χ4v) is 5.09. The predicted molar refractivity (Wildman–Crippen MR) is 126 cm³/mol. The second kappa shape index (κ2) is 8.67. The summed E-state index contributed by atoms with van der Waals surface area (Å²) in [6, 6.07) is 11.9. The molecule has 5 heteroatoms. The highest BCUT2D eigenvalue weighted by atomic mass is 16.5. The van der Waals surface area contributed by atoms with Crippen LogP contribution >= 0.6 is 0 Å². The van der Waals surface area contributed by atoms with Crippen LogP contribution in [0.25, 0.3) is 21.8 Å². The first-order valence-corrected chi connectivity index (χ1v) is 11.4. The van der Waals surface area contributed by atoms with Crippen molar-refractivity contribution in [2.45, 2.75) is 38.0 Å². The number of rotatable bonds is 7. The van der Waals surface area contributed by atoms with E-state index in [9.17, 15) is 5.11 Å². The Hall–Kier alpha value is -2.92. The number of aromatic nitrogens is 2. The number of aryl methyl sites for hydroxylation is 1. The molecule has 0 unspecified atom stereocenters. The molecule has 0 spiro atoms. The molecule has 0 amide bonds. The Morgan fingerprint density at radius 3 is 2.65 bits per heavy atom. The van der Waals surface area contributed by atoms with Gasteiger partial charge in [-0.3, -0.25) is 0 Å². The molecule has 31 heavy (non-hydrogen) atoms. The number of nitrogens with zero attached hydrogens (tertiary/aromatic N) is 1. The molecule has 1 aliphatic heterocycles. The number of H-pyrrole nitrogens is 2. The van der Waals surface area contributed by atoms with Crippen LogP contribution in [0.4, 0.5) is 0 Å². The van der Waals surface area contributed by atoms with Crippen LogP contribution in [0.1, 0.15) is 42.7 Å². The van der Waals surface area contributed by atoms with Crippen molar-refractivity contribution in [1.82, 2.24) is 14.9 Å². The van der Waals surface area contributed by atoms with Crippen molar-refractivity contribution in [2.24, 2.45) is 0 Å². The summed E-state index contributed by atoms with van der Waals surface area (Å²) in [6.07, 6.45) is 10.2. The number of fused-ring (bicyclic) bond motifs is 2. The number of benzene rings is 2. The van der Waals surface area contributed by atoms with Gasteiger partial charge in [-0.15, -0.1) is 0 Å². The lowest BCUT2D eigenvalue weighted by Gasteiger charge is -2.32. The van der Waals surface area contributed by atoms with Crippen molar-refractivity contribution in [3.05, 3.63) is 59.9 Å². The van der Waals surface area contributed by atoms with Crippen molar-refractivity contribution in [3.63, 3.8) is 0 Å². The standard InChI is InChI=1S/C26H31N3O2/c1-31-21-6-7-22-19(16-27-26(22)15-21)4-2-3-11-29-12-9-18(10-13-29)24-17-28-25-8-5-20(30)14-23(24)25/h5-8,14-18,27-28,30H,2-4,9-13H2,1H3. The first kappa shape index (κ1) is 20.0. The van der Waals surface area contributed by atoms with E-state index in [4.69, 9.17) is 4.74 Å². The zero-order valence-electron chi connectivity index (χ0n) is 18.2. The average molecular weight is 418 g/mol. The lowest BCUT2D eigenvalue weighted by atomic mass is 9.89. The van der Waals surface area contributed by atoms with Crippen molar-refractivity contribution < 1.29 is 9.84 Å². The molecular weight excluding hydrogens is 386 g/mol. The van der Waals surface area contributed by atoms with Gasteiger partial charge in [0.2, 0.25) is 0 Å². The van der Waals surface area contributed by atoms with Crippen LogP contribution in [0.15, 0.2) is 48.8 Å². The van der Waals surface area contributed by atoms with E-state index in [2.05, 4.69) is 39.4 Å². The Bertz CT molecular complexity index is 1170. The molecule has 0 bridgehead atoms. The van der Waals surface area contributed by atoms with Crippen LogP contribution in [0, 0.1) is 0 Å². The Kier molecular flexibility index (Phi) is 5.60. The van der Waals surface area contributed by atoms with Crippen molar-refractivity contribution in [1.29, 1.82) is 0 Å². The number of piperidine rings is 1. The Morgan fingerprint density at radius 2 is 1.81 bits per heavy atom. The molecule has 3 heterocycles. The minimum Gasteiger partial charge on any atom is -0.508 e. The number of hydrogen-bond acceptors (Lipinski definition) is 3. The molecule has 1 fully saturated rings. The van der Waals surface area contributed by atoms with Gasteiger partial charge < -0.3 is 24.7 Å². The van der Waals surface area contributed by atoms with Crippen molar-refractivity contribution >= 4 is 21.8 Å². The number of aromatic hydroxyl groups is 1. The van der Waals surface area contributed by atoms with E-state index < -0.39 is 0 Å². The van der Waals surface area contributed by atoms with E-state index in [-0.39, 0.29) is 0 Å². The minimum absolute atomic E-state index is 0.347. The van der Waals surface area contributed by atoms with Gasteiger partial charge in [0.05, 0.1) is 7.11 Å². The first-order chi connectivity index (χ1) is 15.2. The van der Waals surface area contributed by atoms with Gasteiger partial charge in [0.25, 0.3) is 0 Å². The summed E-state index contributed by atoms with van der Waals surface area (Å²) >= 11 is 0. The maximum absolute atomic E-state index is 9.85. The molecule has 4 aromatic rings. The van der Waals surface area contributed by atoms with E-state index in [0.29, 0.717) is 11.7 Å². The first-order valence-electron chi connectivity index (χ1n) is 11.4. The van der Waals surface area contributed by atoms with E-state index >= 15 is 0 Å². The summed E-state index contributed by atoms with van der Waals surface area (Å²) < 4.78 is 5.32. The molecule has 2 aromatic carbocycles. The zero-order valence-corrected chi connectivity index (χ0v) is 18.2. The fraction of sp³-hybridized carbons (Fsp3) is 0.385. The lowest BCUT2D eigenvalue weighted by Crippen LogP contribution is -2.33. The number of ether oxygens (including phenoxy) is 1. The van der Waals surface area contributed by atoms with Crippen molar-refractivity contribution in [3.8, 4) is 11.5 Å². The van der Waals surface area contributed by atoms with E-state index in [1.807, 2.05) is 18.2 Å². The minimum atomic E-state index is 0.347. The maximum Gasteiger partial charge on any atom is 0.120 e. The number of likely N-dealkylation sites (tertiary alicyclic amines) is 1. The number of phenolic OH excluding ortho intramolecular Hbond substituents is 1. The van der Waals surface area contributed by atoms with Gasteiger partial charge in [0.15, 0.2) is 0 Å². The fourth-order valence-electron chi connectivity index (χ4n) is 5.09. The number of aromatic amines is 2. The molecule has 5 rings (SSSR count). The monoisotopic (exact) mass is 417 g/mol. The van der Waals surface area contributed by atoms with E-state index in [1.54, 1.807) is 13.2 Å². The molecule has 0 radical (unpaired) electrons. The third-order valence-corrected chi connectivity index (χ3v) is 6.87. The van der Waals surface area contributed by atoms with Gasteiger partial charge in [0.1, 0.15) is 11.5 Å². The molecule has 162 valence electrons. The summed E-state index contributed by atoms with van der Waals surface area (Å²) in [4.78, 5) is 9.36. The van der Waals surface area contributed by atoms with Crippen LogP contribution in [-0.4, -0.2) is 46.7 Å². The second-order valence-electron chi connectivity index (χ2n) is 8.77. The SMILES string of the molecule is COc1ccc2c(CCCCN3CCC(c4c[nH]c5ccc(O)cc45)CC3)c[nH]c2c1. The van der Waals surface area contributed by atoms with Crippen molar-refractivity contribution in [2.75, 3.05) is 26.7 Å². The highest BCUT2D eigenvalue weighted by molar-refractivity contribution is 5.85. The Labute approximate surface area is 183 Å². The summed E-state index contributed by atoms with van der Waals surface area (Å²) in [5, 5.41) is 12.3. The van der Waals surface area contributed by atoms with Gasteiger partial charge in [-0.1, -0.05) is 0 Å². The van der Waals surface area contributed by atoms with Crippen LogP contribution in [-0.2, 0) is 6.42 Å². The Morgan fingerprint density at radius 1 is 0.968 bits per heavy atom. The molecule has 1 aliphatic rings. The maximum atomic E-state index is 9.85. The Balaban J connectivity index is 1.10. The predicted octanol–water partition coefficient (Wildman–Crippen LogP) is 5.57. The normalized spacial score (nSPS) is 15.8. The molecular formula is C26H31N3O2. The zero-order chi connectivity index (χ0) is 21.2.